The number of rotatable bonds is 4. The quantitative estimate of drug-likeness (QED) is 0.440. The van der Waals surface area contributed by atoms with Crippen molar-refractivity contribution in [3.8, 4) is 11.1 Å². The molecule has 0 heterocycles. The summed E-state index contributed by atoms with van der Waals surface area (Å²) in [6.45, 7) is 13.6. The topological polar surface area (TPSA) is 0 Å². The molecule has 0 aliphatic heterocycles. The van der Waals surface area contributed by atoms with Crippen molar-refractivity contribution in [1.82, 2.24) is 0 Å². The lowest BCUT2D eigenvalue weighted by Gasteiger charge is -2.19. The van der Waals surface area contributed by atoms with Gasteiger partial charge in [0, 0.05) is 0 Å². The molecule has 0 fully saturated rings. The van der Waals surface area contributed by atoms with Crippen LogP contribution >= 0.6 is 0 Å². The maximum absolute atomic E-state index is 2.28. The molecule has 0 amide bonds. The highest BCUT2D eigenvalue weighted by molar-refractivity contribution is 5.64. The first-order valence-electron chi connectivity index (χ1n) is 10.4. The van der Waals surface area contributed by atoms with Gasteiger partial charge in [-0.25, -0.2) is 0 Å². The van der Waals surface area contributed by atoms with E-state index in [1.807, 2.05) is 0 Å². The Hall–Kier alpha value is -2.34. The zero-order valence-electron chi connectivity index (χ0n) is 18.3. The highest BCUT2D eigenvalue weighted by Gasteiger charge is 2.13. The summed E-state index contributed by atoms with van der Waals surface area (Å²) in [6.07, 6.45) is 2.17. The van der Waals surface area contributed by atoms with Gasteiger partial charge in [0.1, 0.15) is 0 Å². The largest absolute Gasteiger partial charge is 0.0587 e. The Balaban J connectivity index is 1.63. The predicted octanol–water partition coefficient (Wildman–Crippen LogP) is 7.73. The summed E-state index contributed by atoms with van der Waals surface area (Å²) >= 11 is 0. The van der Waals surface area contributed by atoms with Crippen LogP contribution in [-0.4, -0.2) is 0 Å². The van der Waals surface area contributed by atoms with E-state index in [9.17, 15) is 0 Å². The van der Waals surface area contributed by atoms with E-state index in [1.54, 1.807) is 0 Å². The van der Waals surface area contributed by atoms with Gasteiger partial charge in [-0.05, 0) is 57.1 Å². The third-order valence-corrected chi connectivity index (χ3v) is 5.56. The smallest absolute Gasteiger partial charge is 0.0132 e. The Morgan fingerprint density at radius 2 is 0.714 bits per heavy atom. The Morgan fingerprint density at radius 3 is 1.07 bits per heavy atom. The SMILES string of the molecule is CC(C)(C)c1ccc(CCc2ccc(-c3ccc(C(C)(C)C)cc3)cc2)cc1. The van der Waals surface area contributed by atoms with Gasteiger partial charge in [-0.1, -0.05) is 114 Å². The number of benzene rings is 3. The minimum Gasteiger partial charge on any atom is -0.0587 e. The minimum atomic E-state index is 0.202. The molecule has 0 heteroatoms. The Kier molecular flexibility index (Phi) is 5.79. The second-order valence-corrected chi connectivity index (χ2v) is 9.97. The van der Waals surface area contributed by atoms with Gasteiger partial charge in [0.2, 0.25) is 0 Å². The monoisotopic (exact) mass is 370 g/mol. The van der Waals surface area contributed by atoms with Gasteiger partial charge in [-0.3, -0.25) is 0 Å². The molecule has 0 aliphatic rings. The fourth-order valence-electron chi connectivity index (χ4n) is 3.49. The van der Waals surface area contributed by atoms with E-state index >= 15 is 0 Å². The van der Waals surface area contributed by atoms with Crippen LogP contribution in [0.3, 0.4) is 0 Å². The van der Waals surface area contributed by atoms with E-state index in [0.29, 0.717) is 0 Å². The summed E-state index contributed by atoms with van der Waals surface area (Å²) in [5, 5.41) is 0. The van der Waals surface area contributed by atoms with Crippen molar-refractivity contribution >= 4 is 0 Å². The molecule has 3 aromatic carbocycles. The van der Waals surface area contributed by atoms with E-state index in [-0.39, 0.29) is 10.8 Å². The van der Waals surface area contributed by atoms with E-state index in [0.717, 1.165) is 12.8 Å². The van der Waals surface area contributed by atoms with Gasteiger partial charge in [0.05, 0.1) is 0 Å². The second kappa shape index (κ2) is 7.95. The van der Waals surface area contributed by atoms with E-state index in [2.05, 4.69) is 114 Å². The van der Waals surface area contributed by atoms with Crippen LogP contribution in [0.2, 0.25) is 0 Å². The van der Waals surface area contributed by atoms with Crippen LogP contribution in [0.5, 0.6) is 0 Å². The maximum Gasteiger partial charge on any atom is -0.0132 e. The average molecular weight is 371 g/mol. The molecular formula is C28H34. The molecule has 0 bridgehead atoms. The van der Waals surface area contributed by atoms with Crippen LogP contribution in [-0.2, 0) is 23.7 Å². The van der Waals surface area contributed by atoms with Crippen LogP contribution in [0.1, 0.15) is 63.8 Å². The van der Waals surface area contributed by atoms with Crippen molar-refractivity contribution < 1.29 is 0 Å². The Labute approximate surface area is 171 Å². The molecule has 0 N–H and O–H groups in total. The van der Waals surface area contributed by atoms with Gasteiger partial charge in [0.25, 0.3) is 0 Å². The normalized spacial score (nSPS) is 12.2. The molecule has 0 spiro atoms. The first kappa shape index (κ1) is 20.4. The van der Waals surface area contributed by atoms with E-state index in [4.69, 9.17) is 0 Å². The van der Waals surface area contributed by atoms with Crippen LogP contribution in [0.4, 0.5) is 0 Å². The Bertz CT molecular complexity index is 881. The molecule has 28 heavy (non-hydrogen) atoms. The molecule has 0 aromatic heterocycles. The number of aryl methyl sites for hydroxylation is 2. The van der Waals surface area contributed by atoms with Crippen LogP contribution < -0.4 is 0 Å². The van der Waals surface area contributed by atoms with Crippen molar-refractivity contribution in [2.75, 3.05) is 0 Å². The standard InChI is InChI=1S/C28H34/c1-27(2,3)25-17-11-22(12-18-25)8-7-21-9-13-23(14-10-21)24-15-19-26(20-16-24)28(4,5)6/h9-20H,7-8H2,1-6H3. The lowest BCUT2D eigenvalue weighted by Crippen LogP contribution is -2.10. The van der Waals surface area contributed by atoms with Gasteiger partial charge in [-0.15, -0.1) is 0 Å². The summed E-state index contributed by atoms with van der Waals surface area (Å²) in [5.41, 5.74) is 8.59. The molecule has 3 aromatic rings. The summed E-state index contributed by atoms with van der Waals surface area (Å²) in [7, 11) is 0. The first-order valence-corrected chi connectivity index (χ1v) is 10.4. The molecule has 3 rings (SSSR count). The van der Waals surface area contributed by atoms with Gasteiger partial charge < -0.3 is 0 Å². The van der Waals surface area contributed by atoms with Crippen molar-refractivity contribution in [3.05, 3.63) is 95.1 Å². The minimum absolute atomic E-state index is 0.202. The van der Waals surface area contributed by atoms with Gasteiger partial charge in [0.15, 0.2) is 0 Å². The maximum atomic E-state index is 2.28. The van der Waals surface area contributed by atoms with Crippen molar-refractivity contribution in [1.29, 1.82) is 0 Å². The van der Waals surface area contributed by atoms with Crippen LogP contribution in [0.15, 0.2) is 72.8 Å². The lowest BCUT2D eigenvalue weighted by molar-refractivity contribution is 0.590. The van der Waals surface area contributed by atoms with Gasteiger partial charge >= 0.3 is 0 Å². The van der Waals surface area contributed by atoms with Crippen molar-refractivity contribution in [2.45, 2.75) is 65.2 Å². The van der Waals surface area contributed by atoms with E-state index < -0.39 is 0 Å². The summed E-state index contributed by atoms with van der Waals surface area (Å²) in [4.78, 5) is 0. The highest BCUT2D eigenvalue weighted by atomic mass is 14.2. The molecule has 0 saturated heterocycles. The van der Waals surface area contributed by atoms with Crippen molar-refractivity contribution in [2.24, 2.45) is 0 Å². The van der Waals surface area contributed by atoms with Crippen molar-refractivity contribution in [3.63, 3.8) is 0 Å². The van der Waals surface area contributed by atoms with E-state index in [1.165, 1.54) is 33.4 Å². The first-order chi connectivity index (χ1) is 13.1. The molecule has 0 unspecified atom stereocenters. The Morgan fingerprint density at radius 1 is 0.429 bits per heavy atom. The zero-order valence-corrected chi connectivity index (χ0v) is 18.3. The molecule has 0 aliphatic carbocycles. The highest BCUT2D eigenvalue weighted by Crippen LogP contribution is 2.27. The predicted molar refractivity (Wildman–Crippen MR) is 123 cm³/mol. The fourth-order valence-corrected chi connectivity index (χ4v) is 3.49. The molecule has 0 saturated carbocycles. The van der Waals surface area contributed by atoms with Gasteiger partial charge in [-0.2, -0.15) is 0 Å². The third-order valence-electron chi connectivity index (χ3n) is 5.56. The summed E-state index contributed by atoms with van der Waals surface area (Å²) < 4.78 is 0. The average Bonchev–Trinajstić information content (AvgIpc) is 2.66. The number of hydrogen-bond acceptors (Lipinski definition) is 0. The number of hydrogen-bond donors (Lipinski definition) is 0. The summed E-state index contributed by atoms with van der Waals surface area (Å²) in [6, 6.07) is 27.2. The molecule has 146 valence electrons. The summed E-state index contributed by atoms with van der Waals surface area (Å²) in [5.74, 6) is 0. The third kappa shape index (κ3) is 5.13. The molecular weight excluding hydrogens is 336 g/mol. The van der Waals surface area contributed by atoms with Crippen LogP contribution in [0, 0.1) is 0 Å². The fraction of sp³-hybridized carbons (Fsp3) is 0.357. The molecule has 0 atom stereocenters. The van der Waals surface area contributed by atoms with Crippen LogP contribution in [0.25, 0.3) is 11.1 Å². The lowest BCUT2D eigenvalue weighted by atomic mass is 9.86. The molecule has 0 nitrogen and oxygen atoms in total. The zero-order chi connectivity index (χ0) is 20.4. The second-order valence-electron chi connectivity index (χ2n) is 9.97. The molecule has 0 radical (unpaired) electrons.